The number of fused-ring (bicyclic) bond motifs is 1. The molecular weight excluding hydrogens is 458 g/mol. The Balaban J connectivity index is 1.69. The molecule has 1 aliphatic rings. The summed E-state index contributed by atoms with van der Waals surface area (Å²) in [5.74, 6) is -4.93. The summed E-state index contributed by atoms with van der Waals surface area (Å²) in [6.45, 7) is -0.607. The molecular formula is C24H24F2N6O3. The van der Waals surface area contributed by atoms with Crippen LogP contribution in [0.15, 0.2) is 54.7 Å². The summed E-state index contributed by atoms with van der Waals surface area (Å²) in [4.78, 5) is 34.8. The van der Waals surface area contributed by atoms with E-state index in [1.54, 1.807) is 6.07 Å². The van der Waals surface area contributed by atoms with Crippen molar-refractivity contribution >= 4 is 35.0 Å². The molecule has 1 aliphatic heterocycles. The molecule has 182 valence electrons. The van der Waals surface area contributed by atoms with Crippen LogP contribution in [0.25, 0.3) is 0 Å². The lowest BCUT2D eigenvalue weighted by atomic mass is 10.1. The molecule has 0 unspecified atom stereocenters. The summed E-state index contributed by atoms with van der Waals surface area (Å²) >= 11 is 0. The van der Waals surface area contributed by atoms with Crippen LogP contribution in [0, 0.1) is 0 Å². The second-order valence-electron chi connectivity index (χ2n) is 8.03. The molecule has 3 aromatic rings. The van der Waals surface area contributed by atoms with Crippen molar-refractivity contribution in [2.45, 2.75) is 12.3 Å². The van der Waals surface area contributed by atoms with E-state index in [1.807, 2.05) is 30.3 Å². The SMILES string of the molecule is COc1cc(C(N)=O)ccc1Nc1ncc2c(n1)N(CCc1ccccc1)CC(F)(F)C(=O)N2C. The molecule has 0 fully saturated rings. The number of primary amides is 1. The number of carbonyl (C=O) groups is 2. The van der Waals surface area contributed by atoms with Gasteiger partial charge in [0.15, 0.2) is 5.82 Å². The summed E-state index contributed by atoms with van der Waals surface area (Å²) in [7, 11) is 2.70. The molecule has 4 rings (SSSR count). The fourth-order valence-corrected chi connectivity index (χ4v) is 3.79. The third kappa shape index (κ3) is 4.98. The van der Waals surface area contributed by atoms with Crippen molar-refractivity contribution < 1.29 is 23.1 Å². The molecule has 0 radical (unpaired) electrons. The van der Waals surface area contributed by atoms with Gasteiger partial charge >= 0.3 is 5.92 Å². The summed E-state index contributed by atoms with van der Waals surface area (Å²) in [6, 6.07) is 14.0. The van der Waals surface area contributed by atoms with E-state index in [0.29, 0.717) is 17.9 Å². The number of halogens is 2. The Hall–Kier alpha value is -4.28. The first-order valence-corrected chi connectivity index (χ1v) is 10.8. The fourth-order valence-electron chi connectivity index (χ4n) is 3.79. The number of hydrogen-bond acceptors (Lipinski definition) is 7. The summed E-state index contributed by atoms with van der Waals surface area (Å²) in [5.41, 5.74) is 7.15. The lowest BCUT2D eigenvalue weighted by Crippen LogP contribution is -2.46. The first kappa shape index (κ1) is 23.9. The molecule has 0 aliphatic carbocycles. The molecule has 1 aromatic heterocycles. The second kappa shape index (κ2) is 9.53. The van der Waals surface area contributed by atoms with Crippen LogP contribution in [0.5, 0.6) is 5.75 Å². The van der Waals surface area contributed by atoms with Crippen molar-refractivity contribution in [3.8, 4) is 5.75 Å². The van der Waals surface area contributed by atoms with Gasteiger partial charge in [0.2, 0.25) is 11.9 Å². The average molecular weight is 482 g/mol. The number of hydrogen-bond donors (Lipinski definition) is 2. The third-order valence-electron chi connectivity index (χ3n) is 5.66. The molecule has 0 atom stereocenters. The molecule has 2 heterocycles. The number of ether oxygens (including phenoxy) is 1. The van der Waals surface area contributed by atoms with Crippen LogP contribution >= 0.6 is 0 Å². The Kier molecular flexibility index (Phi) is 6.50. The van der Waals surface area contributed by atoms with E-state index in [1.165, 1.54) is 37.4 Å². The van der Waals surface area contributed by atoms with Gasteiger partial charge < -0.3 is 25.6 Å². The van der Waals surface area contributed by atoms with Crippen LogP contribution in [0.1, 0.15) is 15.9 Å². The Morgan fingerprint density at radius 3 is 2.66 bits per heavy atom. The van der Waals surface area contributed by atoms with E-state index >= 15 is 0 Å². The Morgan fingerprint density at radius 2 is 1.97 bits per heavy atom. The maximum absolute atomic E-state index is 14.7. The number of benzene rings is 2. The maximum atomic E-state index is 14.7. The smallest absolute Gasteiger partial charge is 0.342 e. The van der Waals surface area contributed by atoms with Crippen molar-refractivity contribution in [2.75, 3.05) is 42.4 Å². The predicted molar refractivity (Wildman–Crippen MR) is 128 cm³/mol. The van der Waals surface area contributed by atoms with Gasteiger partial charge in [-0.2, -0.15) is 13.8 Å². The number of nitrogens with zero attached hydrogens (tertiary/aromatic N) is 4. The average Bonchev–Trinajstić information content (AvgIpc) is 2.92. The van der Waals surface area contributed by atoms with E-state index in [-0.39, 0.29) is 29.6 Å². The minimum absolute atomic E-state index is 0.102. The molecule has 0 saturated heterocycles. The number of amides is 2. The first-order valence-electron chi connectivity index (χ1n) is 10.8. The number of aromatic nitrogens is 2. The van der Waals surface area contributed by atoms with Gasteiger partial charge in [0.05, 0.1) is 25.5 Å². The number of anilines is 4. The molecule has 0 bridgehead atoms. The second-order valence-corrected chi connectivity index (χ2v) is 8.03. The molecule has 0 spiro atoms. The van der Waals surface area contributed by atoms with Crippen LogP contribution in [0.4, 0.5) is 31.9 Å². The van der Waals surface area contributed by atoms with Gasteiger partial charge in [-0.1, -0.05) is 30.3 Å². The van der Waals surface area contributed by atoms with Gasteiger partial charge in [-0.05, 0) is 30.2 Å². The molecule has 35 heavy (non-hydrogen) atoms. The van der Waals surface area contributed by atoms with Gasteiger partial charge in [0, 0.05) is 19.2 Å². The van der Waals surface area contributed by atoms with E-state index in [0.717, 1.165) is 10.5 Å². The predicted octanol–water partition coefficient (Wildman–Crippen LogP) is 2.99. The zero-order chi connectivity index (χ0) is 25.2. The molecule has 2 aromatic carbocycles. The lowest BCUT2D eigenvalue weighted by molar-refractivity contribution is -0.140. The summed E-state index contributed by atoms with van der Waals surface area (Å²) in [5, 5.41) is 2.98. The van der Waals surface area contributed by atoms with Crippen molar-refractivity contribution in [1.29, 1.82) is 0 Å². The monoisotopic (exact) mass is 482 g/mol. The Labute approximate surface area is 200 Å². The highest BCUT2D eigenvalue weighted by Crippen LogP contribution is 2.36. The first-order chi connectivity index (χ1) is 16.7. The highest BCUT2D eigenvalue weighted by molar-refractivity contribution is 6.02. The van der Waals surface area contributed by atoms with Crippen LogP contribution < -0.4 is 25.6 Å². The van der Waals surface area contributed by atoms with Crippen molar-refractivity contribution in [3.05, 3.63) is 65.9 Å². The minimum Gasteiger partial charge on any atom is -0.495 e. The van der Waals surface area contributed by atoms with E-state index in [9.17, 15) is 18.4 Å². The zero-order valence-corrected chi connectivity index (χ0v) is 19.2. The number of rotatable bonds is 7. The van der Waals surface area contributed by atoms with E-state index in [2.05, 4.69) is 15.3 Å². The molecule has 2 amide bonds. The quantitative estimate of drug-likeness (QED) is 0.532. The van der Waals surface area contributed by atoms with Gasteiger partial charge in [0.25, 0.3) is 5.91 Å². The summed E-state index contributed by atoms with van der Waals surface area (Å²) in [6.07, 6.45) is 1.80. The van der Waals surface area contributed by atoms with Gasteiger partial charge in [-0.15, -0.1) is 0 Å². The van der Waals surface area contributed by atoms with Gasteiger partial charge in [-0.3, -0.25) is 9.59 Å². The van der Waals surface area contributed by atoms with Crippen LogP contribution in [-0.4, -0.2) is 55.0 Å². The highest BCUT2D eigenvalue weighted by atomic mass is 19.3. The number of nitrogens with two attached hydrogens (primary N) is 1. The third-order valence-corrected chi connectivity index (χ3v) is 5.66. The van der Waals surface area contributed by atoms with Crippen LogP contribution in [0.3, 0.4) is 0 Å². The number of alkyl halides is 2. The zero-order valence-electron chi connectivity index (χ0n) is 19.2. The van der Waals surface area contributed by atoms with Crippen molar-refractivity contribution in [3.63, 3.8) is 0 Å². The topological polar surface area (TPSA) is 114 Å². The summed E-state index contributed by atoms with van der Waals surface area (Å²) < 4.78 is 34.8. The Morgan fingerprint density at radius 1 is 1.23 bits per heavy atom. The van der Waals surface area contributed by atoms with Crippen molar-refractivity contribution in [1.82, 2.24) is 9.97 Å². The number of carbonyl (C=O) groups excluding carboxylic acids is 2. The molecule has 3 N–H and O–H groups in total. The van der Waals surface area contributed by atoms with Crippen LogP contribution in [-0.2, 0) is 11.2 Å². The van der Waals surface area contributed by atoms with Crippen LogP contribution in [0.2, 0.25) is 0 Å². The van der Waals surface area contributed by atoms with Crippen molar-refractivity contribution in [2.24, 2.45) is 5.73 Å². The minimum atomic E-state index is -3.60. The standard InChI is InChI=1S/C24H24F2N6O3/c1-31-18-13-28-23(29-17-9-8-16(20(27)33)12-19(17)35-2)30-21(18)32(14-24(25,26)22(31)34)11-10-15-6-4-3-5-7-15/h3-9,12-13H,10-11,14H2,1-2H3,(H2,27,33)(H,28,29,30). The number of methoxy groups -OCH3 is 1. The fraction of sp³-hybridized carbons (Fsp3) is 0.250. The van der Waals surface area contributed by atoms with Gasteiger partial charge in [0.1, 0.15) is 11.4 Å². The molecule has 11 heteroatoms. The molecule has 0 saturated carbocycles. The van der Waals surface area contributed by atoms with E-state index in [4.69, 9.17) is 10.5 Å². The highest BCUT2D eigenvalue weighted by Gasteiger charge is 2.47. The number of nitrogens with one attached hydrogen (secondary N) is 1. The lowest BCUT2D eigenvalue weighted by Gasteiger charge is -2.25. The molecule has 9 nitrogen and oxygen atoms in total. The normalized spacial score (nSPS) is 14.8. The Bertz CT molecular complexity index is 1260. The maximum Gasteiger partial charge on any atom is 0.342 e. The van der Waals surface area contributed by atoms with E-state index < -0.39 is 24.3 Å². The van der Waals surface area contributed by atoms with Gasteiger partial charge in [-0.25, -0.2) is 4.98 Å². The largest absolute Gasteiger partial charge is 0.495 e.